The van der Waals surface area contributed by atoms with E-state index in [-0.39, 0.29) is 11.9 Å². The van der Waals surface area contributed by atoms with Gasteiger partial charge < -0.3 is 15.5 Å². The number of ether oxygens (including phenoxy) is 1. The predicted octanol–water partition coefficient (Wildman–Crippen LogP) is 2.60. The Bertz CT molecular complexity index is 569. The summed E-state index contributed by atoms with van der Waals surface area (Å²) in [5.41, 5.74) is 7.16. The zero-order chi connectivity index (χ0) is 13.2. The van der Waals surface area contributed by atoms with E-state index in [4.69, 9.17) is 10.5 Å². The van der Waals surface area contributed by atoms with E-state index < -0.39 is 0 Å². The summed E-state index contributed by atoms with van der Waals surface area (Å²) < 4.78 is 19.0. The number of benzene rings is 1. The van der Waals surface area contributed by atoms with E-state index in [1.54, 1.807) is 6.07 Å². The van der Waals surface area contributed by atoms with Crippen LogP contribution in [0.3, 0.4) is 0 Å². The number of nitrogens with one attached hydrogen (secondary N) is 1. The third-order valence-corrected chi connectivity index (χ3v) is 3.83. The molecule has 2 unspecified atom stereocenters. The number of hydrogen-bond donors (Lipinski definition) is 2. The van der Waals surface area contributed by atoms with Crippen LogP contribution >= 0.6 is 0 Å². The third kappa shape index (κ3) is 2.56. The zero-order valence-electron chi connectivity index (χ0n) is 10.7. The average Bonchev–Trinajstić information content (AvgIpc) is 2.80. The largest absolute Gasteiger partial charge is 0.461 e. The van der Waals surface area contributed by atoms with Crippen molar-refractivity contribution in [3.63, 3.8) is 0 Å². The van der Waals surface area contributed by atoms with Crippen LogP contribution in [-0.2, 0) is 0 Å². The first kappa shape index (κ1) is 12.4. The highest BCUT2D eigenvalue weighted by atomic mass is 19.1. The Hall–Kier alpha value is -1.62. The number of fused-ring (bicyclic) bond motifs is 1. The monoisotopic (exact) mass is 263 g/mol. The molecule has 2 aromatic rings. The fourth-order valence-corrected chi connectivity index (χ4v) is 2.76. The molecule has 0 bridgehead atoms. The van der Waals surface area contributed by atoms with Crippen LogP contribution in [0, 0.1) is 11.7 Å². The van der Waals surface area contributed by atoms with E-state index in [1.165, 1.54) is 18.6 Å². The number of H-pyrrole nitrogens is 1. The van der Waals surface area contributed by atoms with Gasteiger partial charge in [-0.15, -0.1) is 0 Å². The van der Waals surface area contributed by atoms with Crippen LogP contribution in [-0.4, -0.2) is 22.6 Å². The highest BCUT2D eigenvalue weighted by Gasteiger charge is 2.26. The fraction of sp³-hybridized carbons (Fsp3) is 0.500. The summed E-state index contributed by atoms with van der Waals surface area (Å²) >= 11 is 0. The lowest BCUT2D eigenvalue weighted by atomic mass is 9.86. The van der Waals surface area contributed by atoms with Crippen molar-refractivity contribution in [2.75, 3.05) is 6.54 Å². The summed E-state index contributed by atoms with van der Waals surface area (Å²) in [5.74, 6) is 0.110. The normalized spacial score (nSPS) is 23.7. The van der Waals surface area contributed by atoms with Crippen molar-refractivity contribution in [3.8, 4) is 6.01 Å². The van der Waals surface area contributed by atoms with Crippen molar-refractivity contribution in [1.82, 2.24) is 9.97 Å². The van der Waals surface area contributed by atoms with Crippen LogP contribution < -0.4 is 10.5 Å². The topological polar surface area (TPSA) is 63.9 Å². The molecule has 1 saturated carbocycles. The van der Waals surface area contributed by atoms with E-state index in [2.05, 4.69) is 9.97 Å². The van der Waals surface area contributed by atoms with Gasteiger partial charge >= 0.3 is 0 Å². The second-order valence-corrected chi connectivity index (χ2v) is 5.14. The van der Waals surface area contributed by atoms with Gasteiger partial charge in [0.15, 0.2) is 0 Å². The van der Waals surface area contributed by atoms with Crippen LogP contribution in [0.2, 0.25) is 0 Å². The van der Waals surface area contributed by atoms with Gasteiger partial charge in [-0.2, -0.15) is 4.98 Å². The Morgan fingerprint density at radius 2 is 2.21 bits per heavy atom. The van der Waals surface area contributed by atoms with Gasteiger partial charge in [-0.3, -0.25) is 0 Å². The molecule has 3 N–H and O–H groups in total. The highest BCUT2D eigenvalue weighted by Crippen LogP contribution is 2.27. The third-order valence-electron chi connectivity index (χ3n) is 3.83. The minimum atomic E-state index is -0.278. The maximum Gasteiger partial charge on any atom is 0.294 e. The van der Waals surface area contributed by atoms with Crippen molar-refractivity contribution in [2.24, 2.45) is 11.7 Å². The lowest BCUT2D eigenvalue weighted by Gasteiger charge is -2.29. The van der Waals surface area contributed by atoms with Gasteiger partial charge in [-0.1, -0.05) is 6.42 Å². The maximum absolute atomic E-state index is 13.1. The summed E-state index contributed by atoms with van der Waals surface area (Å²) in [4.78, 5) is 7.35. The van der Waals surface area contributed by atoms with Crippen molar-refractivity contribution in [2.45, 2.75) is 31.8 Å². The quantitative estimate of drug-likeness (QED) is 0.894. The van der Waals surface area contributed by atoms with Crippen LogP contribution in [0.4, 0.5) is 4.39 Å². The first-order valence-electron chi connectivity index (χ1n) is 6.78. The highest BCUT2D eigenvalue weighted by molar-refractivity contribution is 5.75. The maximum atomic E-state index is 13.1. The number of rotatable bonds is 3. The minimum Gasteiger partial charge on any atom is -0.461 e. The second-order valence-electron chi connectivity index (χ2n) is 5.14. The Labute approximate surface area is 111 Å². The van der Waals surface area contributed by atoms with E-state index in [1.807, 2.05) is 0 Å². The van der Waals surface area contributed by atoms with Crippen molar-refractivity contribution < 1.29 is 9.13 Å². The molecule has 0 aliphatic heterocycles. The Morgan fingerprint density at radius 1 is 1.37 bits per heavy atom. The summed E-state index contributed by atoms with van der Waals surface area (Å²) in [5, 5.41) is 0. The molecule has 4 nitrogen and oxygen atoms in total. The molecule has 1 aliphatic rings. The summed E-state index contributed by atoms with van der Waals surface area (Å²) in [7, 11) is 0. The first-order chi connectivity index (χ1) is 9.26. The van der Waals surface area contributed by atoms with Gasteiger partial charge in [0.05, 0.1) is 11.0 Å². The van der Waals surface area contributed by atoms with E-state index in [0.29, 0.717) is 24.0 Å². The molecular formula is C14H18FN3O. The number of hydrogen-bond acceptors (Lipinski definition) is 3. The number of halogens is 1. The number of nitrogens with zero attached hydrogens (tertiary/aromatic N) is 1. The number of nitrogens with two attached hydrogens (primary N) is 1. The van der Waals surface area contributed by atoms with E-state index in [9.17, 15) is 4.39 Å². The molecule has 2 atom stereocenters. The lowest BCUT2D eigenvalue weighted by Crippen LogP contribution is -2.35. The Kier molecular flexibility index (Phi) is 3.38. The average molecular weight is 263 g/mol. The number of imidazole rings is 1. The van der Waals surface area contributed by atoms with Crippen LogP contribution in [0.15, 0.2) is 18.2 Å². The van der Waals surface area contributed by atoms with Crippen molar-refractivity contribution in [3.05, 3.63) is 24.0 Å². The standard InChI is InChI=1S/C14H18FN3O/c15-10-5-6-11-12(7-10)18-14(17-11)19-13-4-2-1-3-9(13)8-16/h5-7,9,13H,1-4,8,16H2,(H,17,18). The molecular weight excluding hydrogens is 245 g/mol. The summed E-state index contributed by atoms with van der Waals surface area (Å²) in [6.45, 7) is 0.638. The van der Waals surface area contributed by atoms with Gasteiger partial charge in [0.1, 0.15) is 11.9 Å². The van der Waals surface area contributed by atoms with Crippen molar-refractivity contribution >= 4 is 11.0 Å². The Balaban J connectivity index is 1.80. The molecule has 1 aromatic heterocycles. The second kappa shape index (κ2) is 5.17. The van der Waals surface area contributed by atoms with Crippen LogP contribution in [0.1, 0.15) is 25.7 Å². The molecule has 5 heteroatoms. The molecule has 19 heavy (non-hydrogen) atoms. The molecule has 1 aliphatic carbocycles. The molecule has 0 amide bonds. The molecule has 1 aromatic carbocycles. The zero-order valence-corrected chi connectivity index (χ0v) is 10.7. The van der Waals surface area contributed by atoms with Gasteiger partial charge in [-0.05, 0) is 44.0 Å². The molecule has 102 valence electrons. The van der Waals surface area contributed by atoms with Gasteiger partial charge in [-0.25, -0.2) is 4.39 Å². The molecule has 0 radical (unpaired) electrons. The summed E-state index contributed by atoms with van der Waals surface area (Å²) in [6, 6.07) is 4.94. The smallest absolute Gasteiger partial charge is 0.294 e. The molecule has 1 fully saturated rings. The molecule has 3 rings (SSSR count). The molecule has 0 spiro atoms. The number of aromatic nitrogens is 2. The van der Waals surface area contributed by atoms with E-state index >= 15 is 0 Å². The van der Waals surface area contributed by atoms with Crippen LogP contribution in [0.25, 0.3) is 11.0 Å². The summed E-state index contributed by atoms with van der Waals surface area (Å²) in [6.07, 6.45) is 4.61. The molecule has 0 saturated heterocycles. The lowest BCUT2D eigenvalue weighted by molar-refractivity contribution is 0.0885. The van der Waals surface area contributed by atoms with E-state index in [0.717, 1.165) is 24.8 Å². The van der Waals surface area contributed by atoms with Crippen molar-refractivity contribution in [1.29, 1.82) is 0 Å². The first-order valence-corrected chi connectivity index (χ1v) is 6.78. The molecule has 1 heterocycles. The van der Waals surface area contributed by atoms with Crippen LogP contribution in [0.5, 0.6) is 6.01 Å². The van der Waals surface area contributed by atoms with Gasteiger partial charge in [0.2, 0.25) is 0 Å². The minimum absolute atomic E-state index is 0.115. The van der Waals surface area contributed by atoms with Gasteiger partial charge in [0.25, 0.3) is 6.01 Å². The number of aromatic amines is 1. The SMILES string of the molecule is NCC1CCCCC1Oc1nc2ccc(F)cc2[nH]1. The predicted molar refractivity (Wildman–Crippen MR) is 71.5 cm³/mol. The van der Waals surface area contributed by atoms with Gasteiger partial charge in [0, 0.05) is 5.92 Å². The Morgan fingerprint density at radius 3 is 3.05 bits per heavy atom. The fourth-order valence-electron chi connectivity index (χ4n) is 2.76.